The van der Waals surface area contributed by atoms with Crippen LogP contribution in [0.25, 0.3) is 10.6 Å². The van der Waals surface area contributed by atoms with Crippen molar-refractivity contribution >= 4 is 0 Å². The quantitative estimate of drug-likeness (QED) is 0.425. The predicted octanol–water partition coefficient (Wildman–Crippen LogP) is -4.07. The van der Waals surface area contributed by atoms with Gasteiger partial charge in [-0.3, -0.25) is 0 Å². The third kappa shape index (κ3) is 9.91. The molecule has 2 saturated heterocycles. The normalized spacial score (nSPS) is 24.6. The van der Waals surface area contributed by atoms with Crippen molar-refractivity contribution in [3.8, 4) is 0 Å². The van der Waals surface area contributed by atoms with Crippen molar-refractivity contribution in [2.45, 2.75) is 37.8 Å². The number of hydrogen-bond donors (Lipinski definition) is 0. The molecule has 0 bridgehead atoms. The van der Waals surface area contributed by atoms with Crippen molar-refractivity contribution in [1.82, 2.24) is 9.80 Å². The minimum absolute atomic E-state index is 0. The van der Waals surface area contributed by atoms with Crippen LogP contribution >= 0.6 is 0 Å². The SMILES string of the molecule is CN(CCN(C)C[C@@H]1CCC[N-]1)C[C@@H]1CCC[N-]1.[Cl-].[Cl-].[Zr+4]. The van der Waals surface area contributed by atoms with Crippen molar-refractivity contribution in [3.63, 3.8) is 0 Å². The van der Waals surface area contributed by atoms with E-state index in [1.54, 1.807) is 0 Å². The van der Waals surface area contributed by atoms with Gasteiger partial charge >= 0.3 is 26.2 Å². The largest absolute Gasteiger partial charge is 4.00 e. The van der Waals surface area contributed by atoms with Crippen molar-refractivity contribution in [2.24, 2.45) is 0 Å². The molecular weight excluding hydrogens is 386 g/mol. The smallest absolute Gasteiger partial charge is 1.00 e. The van der Waals surface area contributed by atoms with Crippen LogP contribution in [0.2, 0.25) is 0 Å². The molecule has 4 nitrogen and oxygen atoms in total. The Hall–Kier alpha value is 1.30. The molecule has 2 fully saturated rings. The van der Waals surface area contributed by atoms with Gasteiger partial charge in [0.15, 0.2) is 0 Å². The second kappa shape index (κ2) is 13.7. The number of nitrogens with zero attached hydrogens (tertiary/aromatic N) is 4. The van der Waals surface area contributed by atoms with Crippen LogP contribution in [0.5, 0.6) is 0 Å². The third-order valence-electron chi connectivity index (χ3n) is 4.07. The Balaban J connectivity index is 0. The average molecular weight is 415 g/mol. The van der Waals surface area contributed by atoms with Crippen LogP contribution in [0.4, 0.5) is 0 Å². The van der Waals surface area contributed by atoms with Crippen molar-refractivity contribution < 1.29 is 51.0 Å². The Morgan fingerprint density at radius 1 is 0.810 bits per heavy atom. The van der Waals surface area contributed by atoms with Gasteiger partial charge in [0.25, 0.3) is 0 Å². The van der Waals surface area contributed by atoms with E-state index in [4.69, 9.17) is 0 Å². The first-order chi connectivity index (χ1) is 8.74. The molecule has 0 aromatic rings. The first-order valence-corrected chi connectivity index (χ1v) is 7.44. The van der Waals surface area contributed by atoms with Crippen LogP contribution in [-0.2, 0) is 26.2 Å². The first-order valence-electron chi connectivity index (χ1n) is 7.44. The molecule has 0 aromatic heterocycles. The van der Waals surface area contributed by atoms with Gasteiger partial charge < -0.3 is 45.2 Å². The second-order valence-corrected chi connectivity index (χ2v) is 5.93. The standard InChI is InChI=1S/C14H28N4.2ClH.Zr/c1-17(11-13-5-3-7-15-13)9-10-18(2)12-14-6-4-8-16-14;;;/h13-14H,3-12H2,1-2H3;2*1H;/q-2;;;+4/p-2/t13-,14-;;;/m0.../s1. The molecule has 0 radical (unpaired) electrons. The van der Waals surface area contributed by atoms with E-state index in [0.29, 0.717) is 12.1 Å². The number of rotatable bonds is 7. The van der Waals surface area contributed by atoms with Crippen LogP contribution in [0.1, 0.15) is 25.7 Å². The maximum atomic E-state index is 4.62. The summed E-state index contributed by atoms with van der Waals surface area (Å²) in [6.45, 7) is 6.75. The van der Waals surface area contributed by atoms with Crippen molar-refractivity contribution in [2.75, 3.05) is 53.4 Å². The van der Waals surface area contributed by atoms with Crippen molar-refractivity contribution in [3.05, 3.63) is 10.6 Å². The zero-order valence-corrected chi connectivity index (χ0v) is 17.2. The zero-order valence-electron chi connectivity index (χ0n) is 13.3. The van der Waals surface area contributed by atoms with Crippen LogP contribution in [0.3, 0.4) is 0 Å². The molecule has 2 atom stereocenters. The van der Waals surface area contributed by atoms with E-state index in [9.17, 15) is 0 Å². The summed E-state index contributed by atoms with van der Waals surface area (Å²) in [6, 6.07) is 1.20. The van der Waals surface area contributed by atoms with Gasteiger partial charge in [-0.25, -0.2) is 0 Å². The monoisotopic (exact) mass is 412 g/mol. The molecule has 2 rings (SSSR count). The molecule has 0 N–H and O–H groups in total. The number of halogens is 2. The molecule has 2 aliphatic heterocycles. The molecule has 0 spiro atoms. The van der Waals surface area contributed by atoms with Gasteiger partial charge in [0.1, 0.15) is 0 Å². The van der Waals surface area contributed by atoms with Crippen LogP contribution < -0.4 is 24.8 Å². The van der Waals surface area contributed by atoms with Gasteiger partial charge in [-0.2, -0.15) is 0 Å². The molecular formula is C14H28Cl2N4Zr. The van der Waals surface area contributed by atoms with Gasteiger partial charge in [-0.05, 0) is 27.2 Å². The molecule has 0 amide bonds. The maximum absolute atomic E-state index is 4.62. The van der Waals surface area contributed by atoms with Gasteiger partial charge in [0, 0.05) is 13.1 Å². The zero-order chi connectivity index (χ0) is 12.8. The topological polar surface area (TPSA) is 34.7 Å². The first kappa shape index (κ1) is 24.6. The molecule has 0 unspecified atom stereocenters. The Labute approximate surface area is 162 Å². The van der Waals surface area contributed by atoms with E-state index in [0.717, 1.165) is 39.3 Å². The number of likely N-dealkylation sites (N-methyl/N-ethyl adjacent to an activating group) is 2. The summed E-state index contributed by atoms with van der Waals surface area (Å²) in [6.07, 6.45) is 5.17. The second-order valence-electron chi connectivity index (χ2n) is 5.93. The molecule has 2 heterocycles. The van der Waals surface area contributed by atoms with Crippen molar-refractivity contribution in [1.29, 1.82) is 0 Å². The molecule has 122 valence electrons. The Kier molecular flexibility index (Phi) is 16.0. The summed E-state index contributed by atoms with van der Waals surface area (Å²) in [5.41, 5.74) is 0. The van der Waals surface area contributed by atoms with Crippen LogP contribution in [0, 0.1) is 0 Å². The fraction of sp³-hybridized carbons (Fsp3) is 1.00. The number of hydrogen-bond acceptors (Lipinski definition) is 2. The average Bonchev–Trinajstić information content (AvgIpc) is 2.99. The van der Waals surface area contributed by atoms with Crippen LogP contribution in [0.15, 0.2) is 0 Å². The van der Waals surface area contributed by atoms with Crippen LogP contribution in [-0.4, -0.2) is 75.2 Å². The summed E-state index contributed by atoms with van der Waals surface area (Å²) in [7, 11) is 4.45. The van der Waals surface area contributed by atoms with E-state index in [2.05, 4.69) is 34.5 Å². The van der Waals surface area contributed by atoms with Gasteiger partial charge in [0.05, 0.1) is 0 Å². The fourth-order valence-electron chi connectivity index (χ4n) is 2.93. The van der Waals surface area contributed by atoms with E-state index < -0.39 is 0 Å². The summed E-state index contributed by atoms with van der Waals surface area (Å²) < 4.78 is 0. The maximum Gasteiger partial charge on any atom is 4.00 e. The molecule has 21 heavy (non-hydrogen) atoms. The predicted molar refractivity (Wildman–Crippen MR) is 77.5 cm³/mol. The molecule has 7 heteroatoms. The minimum atomic E-state index is 0. The molecule has 0 aliphatic carbocycles. The fourth-order valence-corrected chi connectivity index (χ4v) is 2.93. The summed E-state index contributed by atoms with van der Waals surface area (Å²) in [4.78, 5) is 4.86. The minimum Gasteiger partial charge on any atom is -1.00 e. The third-order valence-corrected chi connectivity index (χ3v) is 4.07. The van der Waals surface area contributed by atoms with E-state index in [1.807, 2.05) is 0 Å². The summed E-state index contributed by atoms with van der Waals surface area (Å²) >= 11 is 0. The van der Waals surface area contributed by atoms with Gasteiger partial charge in [-0.15, -0.1) is 25.2 Å². The Morgan fingerprint density at radius 2 is 1.19 bits per heavy atom. The summed E-state index contributed by atoms with van der Waals surface area (Å²) in [5.74, 6) is 0. The Bertz CT molecular complexity index is 213. The molecule has 0 saturated carbocycles. The Morgan fingerprint density at radius 3 is 1.48 bits per heavy atom. The molecule has 0 aromatic carbocycles. The van der Waals surface area contributed by atoms with E-state index >= 15 is 0 Å². The van der Waals surface area contributed by atoms with Gasteiger partial charge in [-0.1, -0.05) is 25.7 Å². The summed E-state index contributed by atoms with van der Waals surface area (Å²) in [5, 5.41) is 9.23. The molecule has 2 aliphatic rings. The van der Waals surface area contributed by atoms with E-state index in [-0.39, 0.29) is 51.0 Å². The van der Waals surface area contributed by atoms with E-state index in [1.165, 1.54) is 25.7 Å². The van der Waals surface area contributed by atoms with Gasteiger partial charge in [0.2, 0.25) is 0 Å².